The van der Waals surface area contributed by atoms with E-state index in [0.717, 1.165) is 5.52 Å². The first-order chi connectivity index (χ1) is 15.4. The minimum absolute atomic E-state index is 1.05. The standard InChI is InChI=1S/C29H19NS/c1-2-11-21(12-3-1)27-23-15-6-7-16-24(23)29(25-17-9-19-30-28(25)27)31-26-18-8-13-20-10-4-5-14-22(20)26/h1-19H. The second-order valence-corrected chi connectivity index (χ2v) is 8.65. The van der Waals surface area contributed by atoms with Gasteiger partial charge in [-0.25, -0.2) is 0 Å². The molecule has 1 heterocycles. The Bertz CT molecular complexity index is 1490. The van der Waals surface area contributed by atoms with E-state index in [2.05, 4.69) is 103 Å². The molecule has 6 rings (SSSR count). The molecule has 146 valence electrons. The molecule has 0 fully saturated rings. The van der Waals surface area contributed by atoms with E-state index in [1.54, 1.807) is 0 Å². The van der Waals surface area contributed by atoms with Crippen molar-refractivity contribution in [3.05, 3.63) is 115 Å². The van der Waals surface area contributed by atoms with Crippen molar-refractivity contribution in [2.24, 2.45) is 0 Å². The zero-order valence-corrected chi connectivity index (χ0v) is 17.6. The average Bonchev–Trinajstić information content (AvgIpc) is 2.85. The molecule has 0 saturated heterocycles. The van der Waals surface area contributed by atoms with E-state index in [1.165, 1.54) is 47.8 Å². The van der Waals surface area contributed by atoms with Crippen molar-refractivity contribution < 1.29 is 0 Å². The summed E-state index contributed by atoms with van der Waals surface area (Å²) in [4.78, 5) is 7.38. The molecule has 0 aliphatic heterocycles. The van der Waals surface area contributed by atoms with Crippen molar-refractivity contribution in [2.75, 3.05) is 0 Å². The molecule has 5 aromatic carbocycles. The highest BCUT2D eigenvalue weighted by Gasteiger charge is 2.17. The Morgan fingerprint density at radius 2 is 1.19 bits per heavy atom. The fourth-order valence-corrected chi connectivity index (χ4v) is 5.59. The first-order valence-corrected chi connectivity index (χ1v) is 11.2. The number of fused-ring (bicyclic) bond motifs is 3. The van der Waals surface area contributed by atoms with Crippen LogP contribution in [0.4, 0.5) is 0 Å². The van der Waals surface area contributed by atoms with Crippen LogP contribution < -0.4 is 0 Å². The van der Waals surface area contributed by atoms with Gasteiger partial charge in [0.1, 0.15) is 0 Å². The summed E-state index contributed by atoms with van der Waals surface area (Å²) in [6, 6.07) is 38.7. The van der Waals surface area contributed by atoms with Crippen molar-refractivity contribution in [1.29, 1.82) is 0 Å². The van der Waals surface area contributed by atoms with Crippen LogP contribution in [-0.2, 0) is 0 Å². The highest BCUT2D eigenvalue weighted by atomic mass is 32.2. The van der Waals surface area contributed by atoms with Gasteiger partial charge in [-0.2, -0.15) is 0 Å². The van der Waals surface area contributed by atoms with Crippen LogP contribution in [0.3, 0.4) is 0 Å². The van der Waals surface area contributed by atoms with Gasteiger partial charge in [0.05, 0.1) is 5.52 Å². The van der Waals surface area contributed by atoms with Crippen molar-refractivity contribution in [3.63, 3.8) is 0 Å². The Kier molecular flexibility index (Phi) is 4.44. The molecule has 0 amide bonds. The van der Waals surface area contributed by atoms with Crippen LogP contribution in [0.5, 0.6) is 0 Å². The fraction of sp³-hybridized carbons (Fsp3) is 0. The summed E-state index contributed by atoms with van der Waals surface area (Å²) in [6.45, 7) is 0. The molecule has 0 aliphatic rings. The number of pyridine rings is 1. The lowest BCUT2D eigenvalue weighted by molar-refractivity contribution is 1.40. The zero-order chi connectivity index (χ0) is 20.6. The molecule has 0 N–H and O–H groups in total. The van der Waals surface area contributed by atoms with Gasteiger partial charge < -0.3 is 0 Å². The molecule has 0 aliphatic carbocycles. The Balaban J connectivity index is 1.69. The van der Waals surface area contributed by atoms with E-state index in [1.807, 2.05) is 24.0 Å². The summed E-state index contributed by atoms with van der Waals surface area (Å²) in [6.07, 6.45) is 1.90. The number of aromatic nitrogens is 1. The monoisotopic (exact) mass is 413 g/mol. The molecule has 0 atom stereocenters. The Morgan fingerprint density at radius 1 is 0.516 bits per heavy atom. The molecule has 0 radical (unpaired) electrons. The maximum Gasteiger partial charge on any atom is 0.0798 e. The quantitative estimate of drug-likeness (QED) is 0.270. The van der Waals surface area contributed by atoms with Gasteiger partial charge in [-0.1, -0.05) is 109 Å². The number of rotatable bonds is 3. The molecule has 6 aromatic rings. The lowest BCUT2D eigenvalue weighted by Crippen LogP contribution is -1.91. The predicted molar refractivity (Wildman–Crippen MR) is 133 cm³/mol. The highest BCUT2D eigenvalue weighted by Crippen LogP contribution is 2.45. The molecule has 1 nitrogen and oxygen atoms in total. The highest BCUT2D eigenvalue weighted by molar-refractivity contribution is 8.00. The van der Waals surface area contributed by atoms with Crippen LogP contribution in [0.1, 0.15) is 0 Å². The summed E-state index contributed by atoms with van der Waals surface area (Å²) in [7, 11) is 0. The van der Waals surface area contributed by atoms with Gasteiger partial charge >= 0.3 is 0 Å². The summed E-state index contributed by atoms with van der Waals surface area (Å²) >= 11 is 1.84. The molecular weight excluding hydrogens is 394 g/mol. The minimum Gasteiger partial charge on any atom is -0.256 e. The van der Waals surface area contributed by atoms with E-state index in [0.29, 0.717) is 0 Å². The molecule has 2 heteroatoms. The summed E-state index contributed by atoms with van der Waals surface area (Å²) in [5, 5.41) is 6.24. The van der Waals surface area contributed by atoms with Gasteiger partial charge in [-0.05, 0) is 39.2 Å². The zero-order valence-electron chi connectivity index (χ0n) is 16.8. The normalized spacial score (nSPS) is 11.4. The van der Waals surface area contributed by atoms with Crippen molar-refractivity contribution in [1.82, 2.24) is 4.98 Å². The van der Waals surface area contributed by atoms with Crippen LogP contribution in [0.15, 0.2) is 125 Å². The Hall–Kier alpha value is -3.62. The minimum atomic E-state index is 1.05. The second-order valence-electron chi connectivity index (χ2n) is 7.59. The first-order valence-electron chi connectivity index (χ1n) is 10.4. The summed E-state index contributed by atoms with van der Waals surface area (Å²) in [5.41, 5.74) is 3.45. The lowest BCUT2D eigenvalue weighted by atomic mass is 9.95. The summed E-state index contributed by atoms with van der Waals surface area (Å²) < 4.78 is 0. The smallest absolute Gasteiger partial charge is 0.0798 e. The number of nitrogens with zero attached hydrogens (tertiary/aromatic N) is 1. The van der Waals surface area contributed by atoms with Gasteiger partial charge in [0.2, 0.25) is 0 Å². The third-order valence-corrected chi connectivity index (χ3v) is 6.97. The van der Waals surface area contributed by atoms with Gasteiger partial charge in [0.15, 0.2) is 0 Å². The number of benzene rings is 5. The van der Waals surface area contributed by atoms with Crippen LogP contribution in [0, 0.1) is 0 Å². The van der Waals surface area contributed by atoms with Gasteiger partial charge in [-0.3, -0.25) is 4.98 Å². The topological polar surface area (TPSA) is 12.9 Å². The molecule has 0 unspecified atom stereocenters. The molecule has 1 aromatic heterocycles. The SMILES string of the molecule is c1ccc(-c2c3ccccc3c(Sc3cccc4ccccc34)c3cccnc23)cc1. The maximum atomic E-state index is 4.86. The molecule has 0 spiro atoms. The van der Waals surface area contributed by atoms with E-state index in [-0.39, 0.29) is 0 Å². The fourth-order valence-electron chi connectivity index (χ4n) is 4.36. The predicted octanol–water partition coefficient (Wildman–Crippen LogP) is 8.36. The van der Waals surface area contributed by atoms with Crippen LogP contribution in [0.2, 0.25) is 0 Å². The molecule has 0 saturated carbocycles. The average molecular weight is 414 g/mol. The van der Waals surface area contributed by atoms with Gasteiger partial charge in [-0.15, -0.1) is 0 Å². The van der Waals surface area contributed by atoms with Crippen LogP contribution in [-0.4, -0.2) is 4.98 Å². The van der Waals surface area contributed by atoms with E-state index < -0.39 is 0 Å². The van der Waals surface area contributed by atoms with Crippen molar-refractivity contribution >= 4 is 44.2 Å². The third-order valence-electron chi connectivity index (χ3n) is 5.75. The third kappa shape index (κ3) is 3.08. The molecule has 0 bridgehead atoms. The summed E-state index contributed by atoms with van der Waals surface area (Å²) in [5.74, 6) is 0. The lowest BCUT2D eigenvalue weighted by Gasteiger charge is -2.16. The molecule has 31 heavy (non-hydrogen) atoms. The molecular formula is C29H19NS. The number of hydrogen-bond acceptors (Lipinski definition) is 2. The largest absolute Gasteiger partial charge is 0.256 e. The maximum absolute atomic E-state index is 4.86. The van der Waals surface area contributed by atoms with Gasteiger partial charge in [0.25, 0.3) is 0 Å². The van der Waals surface area contributed by atoms with Crippen molar-refractivity contribution in [3.8, 4) is 11.1 Å². The van der Waals surface area contributed by atoms with Gasteiger partial charge in [0, 0.05) is 26.9 Å². The van der Waals surface area contributed by atoms with Crippen LogP contribution >= 0.6 is 11.8 Å². The first kappa shape index (κ1) is 18.2. The van der Waals surface area contributed by atoms with E-state index in [4.69, 9.17) is 4.98 Å². The second kappa shape index (κ2) is 7.57. The van der Waals surface area contributed by atoms with E-state index >= 15 is 0 Å². The van der Waals surface area contributed by atoms with Crippen molar-refractivity contribution in [2.45, 2.75) is 9.79 Å². The van der Waals surface area contributed by atoms with Crippen LogP contribution in [0.25, 0.3) is 43.6 Å². The number of hydrogen-bond donors (Lipinski definition) is 0. The Labute approximate surface area is 185 Å². The van der Waals surface area contributed by atoms with E-state index in [9.17, 15) is 0 Å². The Morgan fingerprint density at radius 3 is 2.06 bits per heavy atom.